The highest BCUT2D eigenvalue weighted by molar-refractivity contribution is 7.18. The molecule has 1 saturated carbocycles. The van der Waals surface area contributed by atoms with Gasteiger partial charge in [-0.1, -0.05) is 23.2 Å². The number of hydrogen-bond donors (Lipinski definition) is 0. The first-order chi connectivity index (χ1) is 11.8. The minimum absolute atomic E-state index is 0.0361. The Morgan fingerprint density at radius 1 is 0.880 bits per heavy atom. The van der Waals surface area contributed by atoms with Crippen molar-refractivity contribution in [2.24, 2.45) is 11.8 Å². The van der Waals surface area contributed by atoms with Gasteiger partial charge >= 0.3 is 11.9 Å². The van der Waals surface area contributed by atoms with Crippen LogP contribution < -0.4 is 0 Å². The molecular weight excluding hydrogens is 450 g/mol. The minimum Gasteiger partial charge on any atom is -0.461 e. The Balaban J connectivity index is 1.48. The lowest BCUT2D eigenvalue weighted by atomic mass is 10.3. The first-order valence-electron chi connectivity index (χ1n) is 7.01. The van der Waals surface area contributed by atoms with Crippen LogP contribution in [0.25, 0.3) is 0 Å². The second kappa shape index (κ2) is 7.62. The Morgan fingerprint density at radius 3 is 1.60 bits per heavy atom. The number of esters is 2. The number of carbonyl (C=O) groups is 2. The number of carbonyl (C=O) groups excluding carboxylic acids is 2. The van der Waals surface area contributed by atoms with Gasteiger partial charge in [0.25, 0.3) is 0 Å². The van der Waals surface area contributed by atoms with Gasteiger partial charge < -0.3 is 9.47 Å². The van der Waals surface area contributed by atoms with Crippen molar-refractivity contribution in [1.29, 1.82) is 0 Å². The van der Waals surface area contributed by atoms with Crippen molar-refractivity contribution in [3.63, 3.8) is 0 Å². The molecule has 0 radical (unpaired) electrons. The standard InChI is InChI=1S/C15H10Cl4O4S2/c16-11-3-1-9(24-11)13(20)22-5-7-8(15(7,18)19)6-23-14(21)10-2-4-12(17)25-10/h1-4,7-8H,5-6H2/t7-,8-/m1/s1. The SMILES string of the molecule is O=C(OC[C@@H]1[C@@H](COC(=O)c2ccc(Cl)s2)C1(Cl)Cl)c1ccc(Cl)s1. The van der Waals surface area contributed by atoms with Gasteiger partial charge in [-0.15, -0.1) is 45.9 Å². The van der Waals surface area contributed by atoms with Gasteiger partial charge in [0.15, 0.2) is 0 Å². The summed E-state index contributed by atoms with van der Waals surface area (Å²) in [6.45, 7) is 0.0722. The molecule has 4 nitrogen and oxygen atoms in total. The molecule has 2 aromatic rings. The molecule has 3 rings (SSSR count). The maximum Gasteiger partial charge on any atom is 0.348 e. The van der Waals surface area contributed by atoms with E-state index in [0.29, 0.717) is 18.4 Å². The molecule has 0 amide bonds. The Labute approximate surface area is 171 Å². The lowest BCUT2D eigenvalue weighted by Crippen LogP contribution is -2.10. The number of rotatable bonds is 6. The van der Waals surface area contributed by atoms with Gasteiger partial charge in [0.2, 0.25) is 0 Å². The van der Waals surface area contributed by atoms with E-state index >= 15 is 0 Å². The van der Waals surface area contributed by atoms with Gasteiger partial charge in [-0.05, 0) is 24.3 Å². The molecule has 0 spiro atoms. The molecule has 0 aliphatic heterocycles. The molecule has 10 heteroatoms. The van der Waals surface area contributed by atoms with Gasteiger partial charge in [-0.3, -0.25) is 0 Å². The van der Waals surface area contributed by atoms with E-state index in [0.717, 1.165) is 22.7 Å². The molecular formula is C15H10Cl4O4S2. The zero-order valence-electron chi connectivity index (χ0n) is 12.3. The molecule has 0 saturated heterocycles. The van der Waals surface area contributed by atoms with E-state index in [4.69, 9.17) is 55.9 Å². The van der Waals surface area contributed by atoms with Gasteiger partial charge in [0, 0.05) is 11.8 Å². The molecule has 25 heavy (non-hydrogen) atoms. The normalized spacial score (nSPS) is 21.0. The predicted molar refractivity (Wildman–Crippen MR) is 101 cm³/mol. The second-order valence-corrected chi connectivity index (χ2v) is 10.2. The molecule has 1 aliphatic rings. The van der Waals surface area contributed by atoms with Crippen LogP contribution in [0.5, 0.6) is 0 Å². The van der Waals surface area contributed by atoms with Gasteiger partial charge in [-0.25, -0.2) is 9.59 Å². The average Bonchev–Trinajstić information content (AvgIpc) is 2.97. The summed E-state index contributed by atoms with van der Waals surface area (Å²) in [4.78, 5) is 24.6. The molecule has 0 unspecified atom stereocenters. The Morgan fingerprint density at radius 2 is 1.28 bits per heavy atom. The molecule has 2 atom stereocenters. The monoisotopic (exact) mass is 458 g/mol. The van der Waals surface area contributed by atoms with Crippen LogP contribution in [-0.4, -0.2) is 29.5 Å². The number of alkyl halides is 2. The van der Waals surface area contributed by atoms with Crippen LogP contribution >= 0.6 is 69.1 Å². The third kappa shape index (κ3) is 4.43. The molecule has 134 valence electrons. The fourth-order valence-corrected chi connectivity index (χ4v) is 4.84. The van der Waals surface area contributed by atoms with Crippen molar-refractivity contribution in [2.45, 2.75) is 4.33 Å². The summed E-state index contributed by atoms with van der Waals surface area (Å²) in [6.07, 6.45) is 0. The van der Waals surface area contributed by atoms with Crippen LogP contribution in [-0.2, 0) is 9.47 Å². The number of halogens is 4. The fraction of sp³-hybridized carbons (Fsp3) is 0.333. The minimum atomic E-state index is -1.10. The van der Waals surface area contributed by atoms with E-state index in [1.807, 2.05) is 0 Å². The summed E-state index contributed by atoms with van der Waals surface area (Å²) in [6, 6.07) is 6.41. The van der Waals surface area contributed by atoms with Crippen molar-refractivity contribution >= 4 is 81.0 Å². The first-order valence-corrected chi connectivity index (χ1v) is 10.2. The highest BCUT2D eigenvalue weighted by atomic mass is 35.5. The van der Waals surface area contributed by atoms with E-state index in [9.17, 15) is 9.59 Å². The van der Waals surface area contributed by atoms with Crippen molar-refractivity contribution in [2.75, 3.05) is 13.2 Å². The molecule has 2 aromatic heterocycles. The van der Waals surface area contributed by atoms with E-state index in [1.165, 1.54) is 0 Å². The third-order valence-corrected chi connectivity index (χ3v) is 7.25. The largest absolute Gasteiger partial charge is 0.461 e. The van der Waals surface area contributed by atoms with Crippen LogP contribution in [0.15, 0.2) is 24.3 Å². The number of hydrogen-bond acceptors (Lipinski definition) is 6. The lowest BCUT2D eigenvalue weighted by molar-refractivity contribution is 0.0425. The summed E-state index contributed by atoms with van der Waals surface area (Å²) in [5.41, 5.74) is 0. The van der Waals surface area contributed by atoms with Crippen LogP contribution in [0.2, 0.25) is 8.67 Å². The predicted octanol–water partition coefficient (Wildman–Crippen LogP) is 5.55. The van der Waals surface area contributed by atoms with Crippen molar-refractivity contribution < 1.29 is 19.1 Å². The second-order valence-electron chi connectivity index (χ2n) is 5.29. The highest BCUT2D eigenvalue weighted by Crippen LogP contribution is 2.59. The summed E-state index contributed by atoms with van der Waals surface area (Å²) >= 11 is 26.2. The molecule has 2 heterocycles. The third-order valence-electron chi connectivity index (χ3n) is 3.70. The maximum atomic E-state index is 11.9. The van der Waals surface area contributed by atoms with E-state index < -0.39 is 16.3 Å². The summed E-state index contributed by atoms with van der Waals surface area (Å²) in [7, 11) is 0. The summed E-state index contributed by atoms with van der Waals surface area (Å²) < 4.78 is 10.3. The zero-order valence-corrected chi connectivity index (χ0v) is 17.0. The Bertz CT molecular complexity index is 737. The Hall–Kier alpha value is -0.500. The first kappa shape index (κ1) is 19.3. The number of ether oxygens (including phenoxy) is 2. The van der Waals surface area contributed by atoms with Crippen LogP contribution in [0.4, 0.5) is 0 Å². The quantitative estimate of drug-likeness (QED) is 0.419. The average molecular weight is 460 g/mol. The van der Waals surface area contributed by atoms with E-state index in [1.54, 1.807) is 24.3 Å². The van der Waals surface area contributed by atoms with Crippen LogP contribution in [0.3, 0.4) is 0 Å². The van der Waals surface area contributed by atoms with Gasteiger partial charge in [-0.2, -0.15) is 0 Å². The van der Waals surface area contributed by atoms with Crippen molar-refractivity contribution in [1.82, 2.24) is 0 Å². The molecule has 1 aliphatic carbocycles. The van der Waals surface area contributed by atoms with Crippen LogP contribution in [0.1, 0.15) is 19.3 Å². The molecule has 1 fully saturated rings. The van der Waals surface area contributed by atoms with Gasteiger partial charge in [0.1, 0.15) is 14.1 Å². The van der Waals surface area contributed by atoms with E-state index in [-0.39, 0.29) is 25.0 Å². The summed E-state index contributed by atoms with van der Waals surface area (Å²) in [5, 5.41) is 0. The molecule has 0 aromatic carbocycles. The Kier molecular flexibility index (Phi) is 5.88. The molecule has 0 N–H and O–H groups in total. The van der Waals surface area contributed by atoms with Crippen molar-refractivity contribution in [3.05, 3.63) is 42.7 Å². The lowest BCUT2D eigenvalue weighted by Gasteiger charge is -2.03. The topological polar surface area (TPSA) is 52.6 Å². The number of thiophene rings is 2. The van der Waals surface area contributed by atoms with Crippen LogP contribution in [0, 0.1) is 11.8 Å². The van der Waals surface area contributed by atoms with Gasteiger partial charge in [0.05, 0.1) is 21.9 Å². The molecule has 0 bridgehead atoms. The van der Waals surface area contributed by atoms with Crippen molar-refractivity contribution in [3.8, 4) is 0 Å². The van der Waals surface area contributed by atoms with E-state index in [2.05, 4.69) is 0 Å². The smallest absolute Gasteiger partial charge is 0.348 e. The maximum absolute atomic E-state index is 11.9. The fourth-order valence-electron chi connectivity index (χ4n) is 2.24. The highest BCUT2D eigenvalue weighted by Gasteiger charge is 2.64. The zero-order chi connectivity index (χ0) is 18.2. The summed E-state index contributed by atoms with van der Waals surface area (Å²) in [5.74, 6) is -1.60.